The van der Waals surface area contributed by atoms with E-state index in [0.717, 1.165) is 66.8 Å². The minimum atomic E-state index is -3.97. The number of sulfone groups is 1. The lowest BCUT2D eigenvalue weighted by Gasteiger charge is -2.38. The zero-order valence-electron chi connectivity index (χ0n) is 45.4. The monoisotopic (exact) mass is 963 g/mol. The summed E-state index contributed by atoms with van der Waals surface area (Å²) in [6.07, 6.45) is 5.12. The number of hydrogen-bond donors (Lipinski definition) is 0. The summed E-state index contributed by atoms with van der Waals surface area (Å²) in [4.78, 5) is 26.1. The van der Waals surface area contributed by atoms with Crippen LogP contribution in [0.15, 0.2) is 82.6 Å². The molecule has 4 aromatic rings. The van der Waals surface area contributed by atoms with Crippen molar-refractivity contribution in [3.8, 4) is 11.5 Å². The molecule has 8 nitrogen and oxygen atoms in total. The van der Waals surface area contributed by atoms with Crippen molar-refractivity contribution in [3.05, 3.63) is 140 Å². The lowest BCUT2D eigenvalue weighted by Crippen LogP contribution is -2.35. The predicted octanol–water partition coefficient (Wildman–Crippen LogP) is 15.4. The maximum Gasteiger partial charge on any atom is 0.333 e. The summed E-state index contributed by atoms with van der Waals surface area (Å²) in [5.74, 6) is 0.497. The summed E-state index contributed by atoms with van der Waals surface area (Å²) >= 11 is 0. The van der Waals surface area contributed by atoms with Crippen LogP contribution in [0.5, 0.6) is 11.5 Å². The molecule has 0 spiro atoms. The molecule has 0 bridgehead atoms. The van der Waals surface area contributed by atoms with Crippen LogP contribution in [0, 0.1) is 55.4 Å². The first kappa shape index (κ1) is 56.4. The Morgan fingerprint density at radius 2 is 0.652 bits per heavy atom. The van der Waals surface area contributed by atoms with Gasteiger partial charge in [-0.15, -0.1) is 0 Å². The van der Waals surface area contributed by atoms with Gasteiger partial charge in [0.25, 0.3) is 0 Å². The van der Waals surface area contributed by atoms with Gasteiger partial charge in [-0.2, -0.15) is 0 Å². The lowest BCUT2D eigenvalue weighted by atomic mass is 9.78. The molecule has 0 atom stereocenters. The van der Waals surface area contributed by atoms with Crippen LogP contribution in [0.3, 0.4) is 0 Å². The van der Waals surface area contributed by atoms with Crippen molar-refractivity contribution in [2.24, 2.45) is 0 Å². The Hall–Kier alpha value is -5.15. The van der Waals surface area contributed by atoms with Crippen LogP contribution in [0.25, 0.3) is 0 Å². The molecule has 0 aliphatic carbocycles. The molecule has 0 N–H and O–H groups in total. The van der Waals surface area contributed by atoms with E-state index >= 15 is 0 Å². The Morgan fingerprint density at radius 3 is 0.855 bits per heavy atom. The van der Waals surface area contributed by atoms with E-state index in [0.29, 0.717) is 74.0 Å². The first-order valence-electron chi connectivity index (χ1n) is 25.1. The highest BCUT2D eigenvalue weighted by molar-refractivity contribution is 7.91. The fraction of sp³-hybridized carbons (Fsp3) is 0.500. The van der Waals surface area contributed by atoms with Crippen LogP contribution >= 0.6 is 0 Å². The smallest absolute Gasteiger partial charge is 0.333 e. The molecule has 0 fully saturated rings. The molecule has 4 rings (SSSR count). The van der Waals surface area contributed by atoms with E-state index in [1.165, 1.54) is 0 Å². The molecule has 69 heavy (non-hydrogen) atoms. The SMILES string of the molecule is C=C(C)C(=O)OC(CC)(CC)c1c(C)cc(C(CC)(CC)Oc2c(C)cc(S(=O)(=O)c3cc(C)c(OC(CC)(CC)c4cc(C)c(C(CC)(CC)OC(=O)C(=C)C)c(C)c4)c(C)c3)cc2C)cc1C. The van der Waals surface area contributed by atoms with E-state index in [1.54, 1.807) is 38.1 Å². The van der Waals surface area contributed by atoms with Gasteiger partial charge in [0.15, 0.2) is 0 Å². The second-order valence-corrected chi connectivity index (χ2v) is 21.5. The second-order valence-electron chi connectivity index (χ2n) is 19.6. The van der Waals surface area contributed by atoms with Crippen LogP contribution in [0.4, 0.5) is 0 Å². The van der Waals surface area contributed by atoms with Gasteiger partial charge in [-0.3, -0.25) is 0 Å². The molecular weight excluding hydrogens is 881 g/mol. The van der Waals surface area contributed by atoms with Crippen molar-refractivity contribution in [3.63, 3.8) is 0 Å². The molecular formula is C60H82O8S. The molecule has 0 aliphatic heterocycles. The zero-order valence-corrected chi connectivity index (χ0v) is 46.2. The minimum absolute atomic E-state index is 0.193. The largest absolute Gasteiger partial charge is 0.482 e. The molecule has 0 amide bonds. The van der Waals surface area contributed by atoms with Crippen molar-refractivity contribution in [2.45, 2.75) is 208 Å². The van der Waals surface area contributed by atoms with Gasteiger partial charge < -0.3 is 18.9 Å². The van der Waals surface area contributed by atoms with Crippen LogP contribution in [0.2, 0.25) is 0 Å². The van der Waals surface area contributed by atoms with Crippen LogP contribution in [0.1, 0.15) is 187 Å². The van der Waals surface area contributed by atoms with Gasteiger partial charge in [-0.05, 0) is 201 Å². The summed E-state index contributed by atoms with van der Waals surface area (Å²) in [7, 11) is -3.97. The molecule has 0 aliphatic rings. The maximum absolute atomic E-state index is 14.6. The molecule has 376 valence electrons. The molecule has 0 saturated heterocycles. The maximum atomic E-state index is 14.6. The number of esters is 2. The molecule has 9 heteroatoms. The average molecular weight is 963 g/mol. The topological polar surface area (TPSA) is 105 Å². The van der Waals surface area contributed by atoms with Gasteiger partial charge in [-0.1, -0.05) is 92.8 Å². The predicted molar refractivity (Wildman–Crippen MR) is 281 cm³/mol. The standard InChI is InChI=1S/C60H82O8S/c1-21-57(22-2,47-29-39(13)51(40(14)30-47)59(25-5,26-6)67-55(61)37(9)10)65-53-43(17)33-49(34-44(53)18)69(63,64)50-35-45(19)54(46(20)36-50)66-58(23-3,24-4)48-31-41(15)52(42(16)32-48)60(27-7,28-8)68-56(62)38(11)12/h29-36H,9,11,21-28H2,1-8,10,12-20H3. The van der Waals surface area contributed by atoms with Crippen molar-refractivity contribution in [2.75, 3.05) is 0 Å². The number of aryl methyl sites for hydroxylation is 8. The molecule has 0 heterocycles. The van der Waals surface area contributed by atoms with E-state index in [2.05, 4.69) is 92.8 Å². The highest BCUT2D eigenvalue weighted by Gasteiger charge is 2.41. The van der Waals surface area contributed by atoms with Crippen molar-refractivity contribution in [1.82, 2.24) is 0 Å². The van der Waals surface area contributed by atoms with E-state index < -0.39 is 44.2 Å². The molecule has 0 unspecified atom stereocenters. The van der Waals surface area contributed by atoms with Gasteiger partial charge in [0, 0.05) is 22.3 Å². The minimum Gasteiger partial charge on any atom is -0.482 e. The Morgan fingerprint density at radius 1 is 0.420 bits per heavy atom. The highest BCUT2D eigenvalue weighted by Crippen LogP contribution is 2.46. The van der Waals surface area contributed by atoms with E-state index in [-0.39, 0.29) is 9.79 Å². The van der Waals surface area contributed by atoms with Gasteiger partial charge in [-0.25, -0.2) is 18.0 Å². The highest BCUT2D eigenvalue weighted by atomic mass is 32.2. The van der Waals surface area contributed by atoms with Gasteiger partial charge in [0.1, 0.15) is 33.9 Å². The summed E-state index contributed by atoms with van der Waals surface area (Å²) < 4.78 is 55.8. The van der Waals surface area contributed by atoms with Gasteiger partial charge in [0.2, 0.25) is 9.84 Å². The van der Waals surface area contributed by atoms with Crippen LogP contribution in [-0.2, 0) is 51.3 Å². The fourth-order valence-electron chi connectivity index (χ4n) is 10.7. The number of hydrogen-bond acceptors (Lipinski definition) is 8. The van der Waals surface area contributed by atoms with Crippen LogP contribution < -0.4 is 9.47 Å². The average Bonchev–Trinajstić information content (AvgIpc) is 3.29. The van der Waals surface area contributed by atoms with Gasteiger partial charge >= 0.3 is 11.9 Å². The summed E-state index contributed by atoms with van der Waals surface area (Å²) in [5.41, 5.74) is 8.65. The number of benzene rings is 4. The van der Waals surface area contributed by atoms with E-state index in [1.807, 2.05) is 55.4 Å². The fourth-order valence-corrected chi connectivity index (χ4v) is 12.3. The summed E-state index contributed by atoms with van der Waals surface area (Å²) in [5, 5.41) is 0. The molecule has 0 saturated carbocycles. The molecule has 4 aromatic carbocycles. The van der Waals surface area contributed by atoms with Crippen molar-refractivity contribution in [1.29, 1.82) is 0 Å². The first-order chi connectivity index (χ1) is 32.2. The normalized spacial score (nSPS) is 12.4. The zero-order chi connectivity index (χ0) is 52.2. The third-order valence-corrected chi connectivity index (χ3v) is 16.7. The Kier molecular flexibility index (Phi) is 17.9. The Balaban J connectivity index is 1.74. The van der Waals surface area contributed by atoms with Crippen molar-refractivity contribution >= 4 is 21.8 Å². The number of rotatable bonds is 22. The Bertz CT molecular complexity index is 2430. The number of ether oxygens (including phenoxy) is 4. The number of carbonyl (C=O) groups is 2. The first-order valence-corrected chi connectivity index (χ1v) is 26.6. The van der Waals surface area contributed by atoms with E-state index in [4.69, 9.17) is 18.9 Å². The third-order valence-electron chi connectivity index (χ3n) is 15.0. The third kappa shape index (κ3) is 10.8. The molecule has 0 radical (unpaired) electrons. The van der Waals surface area contributed by atoms with Gasteiger partial charge in [0.05, 0.1) is 9.79 Å². The molecule has 0 aromatic heterocycles. The second kappa shape index (κ2) is 21.9. The number of carbonyl (C=O) groups excluding carboxylic acids is 2. The summed E-state index contributed by atoms with van der Waals surface area (Å²) in [6.45, 7) is 43.5. The Labute approximate surface area is 416 Å². The van der Waals surface area contributed by atoms with Crippen LogP contribution in [-0.4, -0.2) is 20.4 Å². The van der Waals surface area contributed by atoms with Crippen molar-refractivity contribution < 1.29 is 37.0 Å². The lowest BCUT2D eigenvalue weighted by molar-refractivity contribution is -0.158. The van der Waals surface area contributed by atoms with E-state index in [9.17, 15) is 18.0 Å². The quantitative estimate of drug-likeness (QED) is 0.0566. The summed E-state index contributed by atoms with van der Waals surface area (Å²) in [6, 6.07) is 15.5.